The molecule has 13 heavy (non-hydrogen) atoms. The van der Waals surface area contributed by atoms with Crippen LogP contribution in [0.5, 0.6) is 0 Å². The van der Waals surface area contributed by atoms with Gasteiger partial charge in [0.2, 0.25) is 0 Å². The van der Waals surface area contributed by atoms with Crippen LogP contribution >= 0.6 is 11.3 Å². The highest BCUT2D eigenvalue weighted by molar-refractivity contribution is 7.09. The van der Waals surface area contributed by atoms with Crippen LogP contribution in [0.2, 0.25) is 0 Å². The first-order chi connectivity index (χ1) is 5.99. The van der Waals surface area contributed by atoms with Gasteiger partial charge in [-0.25, -0.2) is 0 Å². The van der Waals surface area contributed by atoms with Crippen molar-refractivity contribution < 1.29 is 0 Å². The van der Waals surface area contributed by atoms with E-state index >= 15 is 0 Å². The van der Waals surface area contributed by atoms with Crippen LogP contribution in [0.3, 0.4) is 0 Å². The van der Waals surface area contributed by atoms with E-state index in [1.807, 2.05) is 11.7 Å². The van der Waals surface area contributed by atoms with Crippen molar-refractivity contribution in [3.63, 3.8) is 0 Å². The minimum atomic E-state index is 0.280. The fourth-order valence-corrected chi connectivity index (χ4v) is 2.60. The van der Waals surface area contributed by atoms with Gasteiger partial charge in [-0.05, 0) is 25.2 Å². The Hall–Kier alpha value is -0.410. The van der Waals surface area contributed by atoms with Crippen LogP contribution in [0.25, 0.3) is 0 Å². The highest BCUT2D eigenvalue weighted by atomic mass is 32.1. The van der Waals surface area contributed by atoms with Crippen LogP contribution in [-0.2, 0) is 6.42 Å². The molecule has 2 N–H and O–H groups in total. The molecule has 1 unspecified atom stereocenters. The molecule has 1 heterocycles. The van der Waals surface area contributed by atoms with Crippen LogP contribution in [0.4, 0.5) is 0 Å². The van der Waals surface area contributed by atoms with Gasteiger partial charge in [-0.1, -0.05) is 13.8 Å². The fraction of sp³-hybridized carbons (Fsp3) is 0.700. The summed E-state index contributed by atoms with van der Waals surface area (Å²) in [6.07, 6.45) is 4.09. The maximum absolute atomic E-state index is 5.80. The summed E-state index contributed by atoms with van der Waals surface area (Å²) in [6.45, 7) is 6.58. The molecule has 0 aliphatic heterocycles. The van der Waals surface area contributed by atoms with Gasteiger partial charge in [0.25, 0.3) is 0 Å². The molecular formula is C10H18N2S. The van der Waals surface area contributed by atoms with Crippen LogP contribution in [0.1, 0.15) is 32.1 Å². The number of nitrogens with two attached hydrogens (primary N) is 1. The SMILES string of the molecule is CC(N)CC(C)(C)Cc1cncs1. The molecule has 1 atom stereocenters. The molecule has 1 rings (SSSR count). The molecule has 0 saturated heterocycles. The lowest BCUT2D eigenvalue weighted by molar-refractivity contribution is 0.311. The van der Waals surface area contributed by atoms with Gasteiger partial charge in [-0.15, -0.1) is 11.3 Å². The van der Waals surface area contributed by atoms with Crippen molar-refractivity contribution in [3.8, 4) is 0 Å². The Morgan fingerprint density at radius 2 is 2.31 bits per heavy atom. The molecule has 0 saturated carbocycles. The monoisotopic (exact) mass is 198 g/mol. The van der Waals surface area contributed by atoms with Gasteiger partial charge in [-0.2, -0.15) is 0 Å². The molecule has 0 amide bonds. The summed E-state index contributed by atoms with van der Waals surface area (Å²) in [5, 5.41) is 0. The van der Waals surface area contributed by atoms with E-state index in [1.165, 1.54) is 4.88 Å². The fourth-order valence-electron chi connectivity index (χ4n) is 1.74. The van der Waals surface area contributed by atoms with Gasteiger partial charge in [0.05, 0.1) is 5.51 Å². The third-order valence-corrected chi connectivity index (χ3v) is 2.79. The largest absolute Gasteiger partial charge is 0.328 e. The van der Waals surface area contributed by atoms with Crippen LogP contribution in [-0.4, -0.2) is 11.0 Å². The second-order valence-corrected chi connectivity index (χ2v) is 5.46. The number of aromatic nitrogens is 1. The molecule has 0 bridgehead atoms. The van der Waals surface area contributed by atoms with E-state index in [1.54, 1.807) is 11.3 Å². The summed E-state index contributed by atoms with van der Waals surface area (Å²) in [5.41, 5.74) is 7.97. The van der Waals surface area contributed by atoms with Gasteiger partial charge in [0, 0.05) is 17.1 Å². The standard InChI is InChI=1S/C10H18N2S/c1-8(11)4-10(2,3)5-9-6-12-7-13-9/h6-8H,4-5,11H2,1-3H3. The zero-order valence-corrected chi connectivity index (χ0v) is 9.40. The highest BCUT2D eigenvalue weighted by Gasteiger charge is 2.20. The number of rotatable bonds is 4. The zero-order valence-electron chi connectivity index (χ0n) is 8.58. The Bertz CT molecular complexity index is 239. The Morgan fingerprint density at radius 3 is 2.77 bits per heavy atom. The van der Waals surface area contributed by atoms with Crippen LogP contribution in [0, 0.1) is 5.41 Å². The van der Waals surface area contributed by atoms with Gasteiger partial charge < -0.3 is 5.73 Å². The first kappa shape index (κ1) is 10.7. The lowest BCUT2D eigenvalue weighted by Gasteiger charge is -2.25. The van der Waals surface area contributed by atoms with E-state index in [2.05, 4.69) is 25.8 Å². The van der Waals surface area contributed by atoms with Crippen molar-refractivity contribution in [1.29, 1.82) is 0 Å². The molecule has 3 heteroatoms. The molecular weight excluding hydrogens is 180 g/mol. The van der Waals surface area contributed by atoms with E-state index in [-0.39, 0.29) is 6.04 Å². The average Bonchev–Trinajstić information content (AvgIpc) is 2.34. The topological polar surface area (TPSA) is 38.9 Å². The lowest BCUT2D eigenvalue weighted by Crippen LogP contribution is -2.26. The molecule has 0 fully saturated rings. The Kier molecular flexibility index (Phi) is 3.45. The van der Waals surface area contributed by atoms with Crippen molar-refractivity contribution in [2.45, 2.75) is 39.7 Å². The van der Waals surface area contributed by atoms with Crippen molar-refractivity contribution in [1.82, 2.24) is 4.98 Å². The maximum atomic E-state index is 5.80. The molecule has 0 aliphatic rings. The summed E-state index contributed by atoms with van der Waals surface area (Å²) >= 11 is 1.72. The maximum Gasteiger partial charge on any atom is 0.0794 e. The predicted molar refractivity (Wildman–Crippen MR) is 57.9 cm³/mol. The third-order valence-electron chi connectivity index (χ3n) is 2.01. The highest BCUT2D eigenvalue weighted by Crippen LogP contribution is 2.28. The predicted octanol–water partition coefficient (Wildman–Crippen LogP) is 2.45. The summed E-state index contributed by atoms with van der Waals surface area (Å²) in [5.74, 6) is 0. The molecule has 74 valence electrons. The quantitative estimate of drug-likeness (QED) is 0.807. The summed E-state index contributed by atoms with van der Waals surface area (Å²) in [7, 11) is 0. The van der Waals surface area contributed by atoms with Gasteiger partial charge in [0.15, 0.2) is 0 Å². The first-order valence-electron chi connectivity index (χ1n) is 4.62. The first-order valence-corrected chi connectivity index (χ1v) is 5.50. The van der Waals surface area contributed by atoms with Crippen molar-refractivity contribution in [3.05, 3.63) is 16.6 Å². The number of thiazole rings is 1. The van der Waals surface area contributed by atoms with Gasteiger partial charge >= 0.3 is 0 Å². The molecule has 1 aromatic rings. The lowest BCUT2D eigenvalue weighted by atomic mass is 9.83. The van der Waals surface area contributed by atoms with Gasteiger partial charge in [-0.3, -0.25) is 4.98 Å². The second kappa shape index (κ2) is 4.20. The summed E-state index contributed by atoms with van der Waals surface area (Å²) < 4.78 is 0. The number of hydrogen-bond acceptors (Lipinski definition) is 3. The van der Waals surface area contributed by atoms with E-state index in [0.717, 1.165) is 12.8 Å². The van der Waals surface area contributed by atoms with E-state index in [0.29, 0.717) is 5.41 Å². The molecule has 0 aliphatic carbocycles. The summed E-state index contributed by atoms with van der Waals surface area (Å²) in [4.78, 5) is 5.43. The number of hydrogen-bond donors (Lipinski definition) is 1. The Morgan fingerprint density at radius 1 is 1.62 bits per heavy atom. The normalized spacial score (nSPS) is 14.5. The minimum absolute atomic E-state index is 0.280. The Balaban J connectivity index is 2.51. The van der Waals surface area contributed by atoms with Crippen molar-refractivity contribution in [2.24, 2.45) is 11.1 Å². The third kappa shape index (κ3) is 3.87. The van der Waals surface area contributed by atoms with Gasteiger partial charge in [0.1, 0.15) is 0 Å². The van der Waals surface area contributed by atoms with Crippen LogP contribution < -0.4 is 5.73 Å². The molecule has 1 aromatic heterocycles. The average molecular weight is 198 g/mol. The van der Waals surface area contributed by atoms with Crippen molar-refractivity contribution in [2.75, 3.05) is 0 Å². The van der Waals surface area contributed by atoms with E-state index in [4.69, 9.17) is 5.73 Å². The molecule has 0 spiro atoms. The van der Waals surface area contributed by atoms with E-state index < -0.39 is 0 Å². The number of nitrogens with zero attached hydrogens (tertiary/aromatic N) is 1. The van der Waals surface area contributed by atoms with Crippen molar-refractivity contribution >= 4 is 11.3 Å². The minimum Gasteiger partial charge on any atom is -0.328 e. The Labute approximate surface area is 84.2 Å². The molecule has 0 aromatic carbocycles. The molecule has 2 nitrogen and oxygen atoms in total. The van der Waals surface area contributed by atoms with E-state index in [9.17, 15) is 0 Å². The smallest absolute Gasteiger partial charge is 0.0794 e. The second-order valence-electron chi connectivity index (χ2n) is 4.49. The molecule has 0 radical (unpaired) electrons. The zero-order chi connectivity index (χ0) is 9.90. The summed E-state index contributed by atoms with van der Waals surface area (Å²) in [6, 6.07) is 0.280. The van der Waals surface area contributed by atoms with Crippen LogP contribution in [0.15, 0.2) is 11.7 Å².